The minimum Gasteiger partial charge on any atom is -0.496 e. The molecule has 1 fully saturated rings. The number of thioether (sulfide) groups is 1. The van der Waals surface area contributed by atoms with Crippen molar-refractivity contribution in [2.24, 2.45) is 5.92 Å². The van der Waals surface area contributed by atoms with Gasteiger partial charge < -0.3 is 15.0 Å². The molecule has 1 heterocycles. The zero-order valence-corrected chi connectivity index (χ0v) is 16.4. The van der Waals surface area contributed by atoms with Crippen molar-refractivity contribution in [2.45, 2.75) is 17.7 Å². The molecule has 1 N–H and O–H groups in total. The van der Waals surface area contributed by atoms with Gasteiger partial charge in [0.1, 0.15) is 5.75 Å². The summed E-state index contributed by atoms with van der Waals surface area (Å²) in [7, 11) is 1.56. The topological polar surface area (TPSA) is 58.6 Å². The van der Waals surface area contributed by atoms with Crippen LogP contribution in [0.15, 0.2) is 53.4 Å². The molecule has 1 aliphatic rings. The average molecular weight is 385 g/mol. The molecular formula is C21H24N2O3S. The molecule has 0 saturated carbocycles. The average Bonchev–Trinajstić information content (AvgIpc) is 2.73. The van der Waals surface area contributed by atoms with Gasteiger partial charge in [-0.15, -0.1) is 11.8 Å². The Labute approximate surface area is 164 Å². The van der Waals surface area contributed by atoms with E-state index in [1.807, 2.05) is 42.7 Å². The smallest absolute Gasteiger partial charge is 0.321 e. The number of carbonyl (C=O) groups is 2. The van der Waals surface area contributed by atoms with Gasteiger partial charge in [-0.05, 0) is 49.4 Å². The van der Waals surface area contributed by atoms with Crippen LogP contribution in [0.2, 0.25) is 0 Å². The van der Waals surface area contributed by atoms with E-state index < -0.39 is 0 Å². The van der Waals surface area contributed by atoms with E-state index in [2.05, 4.69) is 5.32 Å². The lowest BCUT2D eigenvalue weighted by molar-refractivity contribution is 0.0848. The molecule has 2 amide bonds. The van der Waals surface area contributed by atoms with Crippen LogP contribution in [0.3, 0.4) is 0 Å². The molecule has 142 valence electrons. The minimum absolute atomic E-state index is 0.0364. The maximum absolute atomic E-state index is 12.9. The van der Waals surface area contributed by atoms with E-state index in [1.165, 1.54) is 0 Å². The van der Waals surface area contributed by atoms with E-state index in [-0.39, 0.29) is 17.7 Å². The van der Waals surface area contributed by atoms with E-state index in [9.17, 15) is 9.59 Å². The molecule has 1 atom stereocenters. The van der Waals surface area contributed by atoms with Crippen LogP contribution in [0.25, 0.3) is 0 Å². The zero-order chi connectivity index (χ0) is 19.2. The van der Waals surface area contributed by atoms with Gasteiger partial charge in [-0.1, -0.05) is 18.2 Å². The van der Waals surface area contributed by atoms with Crippen LogP contribution in [0.1, 0.15) is 23.2 Å². The number of piperidine rings is 1. The van der Waals surface area contributed by atoms with E-state index in [0.717, 1.165) is 23.4 Å². The van der Waals surface area contributed by atoms with E-state index >= 15 is 0 Å². The number of carbonyl (C=O) groups excluding carboxylic acids is 2. The summed E-state index contributed by atoms with van der Waals surface area (Å²) in [6.45, 7) is 1.08. The molecule has 0 radical (unpaired) electrons. The van der Waals surface area contributed by atoms with E-state index in [4.69, 9.17) is 4.74 Å². The first kappa shape index (κ1) is 19.3. The number of nitrogens with one attached hydrogen (secondary N) is 1. The van der Waals surface area contributed by atoms with Gasteiger partial charge in [-0.25, -0.2) is 4.79 Å². The first-order valence-corrected chi connectivity index (χ1v) is 10.2. The quantitative estimate of drug-likeness (QED) is 0.607. The second kappa shape index (κ2) is 8.95. The number of nitrogens with zero attached hydrogens (tertiary/aromatic N) is 1. The van der Waals surface area contributed by atoms with Crippen LogP contribution in [-0.4, -0.2) is 43.2 Å². The van der Waals surface area contributed by atoms with Crippen LogP contribution < -0.4 is 10.1 Å². The van der Waals surface area contributed by atoms with Crippen molar-refractivity contribution in [2.75, 3.05) is 31.8 Å². The van der Waals surface area contributed by atoms with Crippen molar-refractivity contribution in [3.63, 3.8) is 0 Å². The summed E-state index contributed by atoms with van der Waals surface area (Å²) in [5.41, 5.74) is 1.35. The third-order valence-electron chi connectivity index (χ3n) is 4.77. The van der Waals surface area contributed by atoms with Gasteiger partial charge in [0.25, 0.3) is 0 Å². The molecule has 1 unspecified atom stereocenters. The number of benzene rings is 2. The zero-order valence-electron chi connectivity index (χ0n) is 15.6. The fourth-order valence-electron chi connectivity index (χ4n) is 3.35. The lowest BCUT2D eigenvalue weighted by atomic mass is 9.89. The highest BCUT2D eigenvalue weighted by Crippen LogP contribution is 2.27. The molecule has 6 heteroatoms. The summed E-state index contributed by atoms with van der Waals surface area (Å²) >= 11 is 1.63. The van der Waals surface area contributed by atoms with Gasteiger partial charge in [-0.2, -0.15) is 0 Å². The van der Waals surface area contributed by atoms with E-state index in [0.29, 0.717) is 24.4 Å². The number of rotatable bonds is 5. The maximum Gasteiger partial charge on any atom is 0.321 e. The SMILES string of the molecule is COc1ccccc1C(=O)C1CCCN(C(=O)Nc2cccc(SC)c2)C1. The fraction of sp³-hybridized carbons (Fsp3) is 0.333. The number of hydrogen-bond acceptors (Lipinski definition) is 4. The molecule has 5 nitrogen and oxygen atoms in total. The lowest BCUT2D eigenvalue weighted by Gasteiger charge is -2.32. The molecule has 27 heavy (non-hydrogen) atoms. The fourth-order valence-corrected chi connectivity index (χ4v) is 3.81. The number of urea groups is 1. The summed E-state index contributed by atoms with van der Waals surface area (Å²) in [5, 5.41) is 2.95. The highest BCUT2D eigenvalue weighted by Gasteiger charge is 2.30. The van der Waals surface area contributed by atoms with Crippen LogP contribution >= 0.6 is 11.8 Å². The molecule has 0 aliphatic carbocycles. The molecule has 0 bridgehead atoms. The Morgan fingerprint density at radius 3 is 2.78 bits per heavy atom. The first-order valence-electron chi connectivity index (χ1n) is 8.99. The Balaban J connectivity index is 1.68. The highest BCUT2D eigenvalue weighted by atomic mass is 32.2. The van der Waals surface area contributed by atoms with Crippen molar-refractivity contribution >= 4 is 29.3 Å². The van der Waals surface area contributed by atoms with Crippen LogP contribution in [0.4, 0.5) is 10.5 Å². The molecular weight excluding hydrogens is 360 g/mol. The van der Waals surface area contributed by atoms with E-state index in [1.54, 1.807) is 35.9 Å². The number of ketones is 1. The largest absolute Gasteiger partial charge is 0.496 e. The summed E-state index contributed by atoms with van der Waals surface area (Å²) in [6.07, 6.45) is 3.59. The Bertz CT molecular complexity index is 825. The number of likely N-dealkylation sites (tertiary alicyclic amines) is 1. The number of para-hydroxylation sites is 1. The molecule has 2 aromatic carbocycles. The third kappa shape index (κ3) is 4.63. The standard InChI is InChI=1S/C21H24N2O3S/c1-26-19-11-4-3-10-18(19)20(24)15-7-6-12-23(14-15)21(25)22-16-8-5-9-17(13-16)27-2/h3-5,8-11,13,15H,6-7,12,14H2,1-2H3,(H,22,25). The molecule has 0 aromatic heterocycles. The number of methoxy groups -OCH3 is 1. The van der Waals surface area contributed by atoms with Gasteiger partial charge in [0.05, 0.1) is 12.7 Å². The number of ether oxygens (including phenoxy) is 1. The number of Topliss-reactive ketones (excluding diaryl/α,β-unsaturated/α-hetero) is 1. The van der Waals surface area contributed by atoms with Gasteiger partial charge in [0.2, 0.25) is 0 Å². The number of amides is 2. The van der Waals surface area contributed by atoms with Crippen molar-refractivity contribution in [3.8, 4) is 5.75 Å². The predicted octanol–water partition coefficient (Wildman–Crippen LogP) is 4.54. The number of anilines is 1. The lowest BCUT2D eigenvalue weighted by Crippen LogP contribution is -2.44. The number of hydrogen-bond donors (Lipinski definition) is 1. The monoisotopic (exact) mass is 384 g/mol. The minimum atomic E-state index is -0.210. The molecule has 1 aliphatic heterocycles. The predicted molar refractivity (Wildman–Crippen MR) is 109 cm³/mol. The van der Waals surface area contributed by atoms with Crippen molar-refractivity contribution < 1.29 is 14.3 Å². The Morgan fingerprint density at radius 1 is 1.19 bits per heavy atom. The van der Waals surface area contributed by atoms with Crippen molar-refractivity contribution in [3.05, 3.63) is 54.1 Å². The maximum atomic E-state index is 12.9. The molecule has 2 aromatic rings. The van der Waals surface area contributed by atoms with Gasteiger partial charge >= 0.3 is 6.03 Å². The van der Waals surface area contributed by atoms with Crippen LogP contribution in [-0.2, 0) is 0 Å². The molecule has 0 spiro atoms. The Kier molecular flexibility index (Phi) is 6.40. The molecule has 3 rings (SSSR count). The third-order valence-corrected chi connectivity index (χ3v) is 5.50. The highest BCUT2D eigenvalue weighted by molar-refractivity contribution is 7.98. The normalized spacial score (nSPS) is 16.7. The van der Waals surface area contributed by atoms with Gasteiger partial charge in [0.15, 0.2) is 5.78 Å². The summed E-state index contributed by atoms with van der Waals surface area (Å²) in [6, 6.07) is 14.8. The summed E-state index contributed by atoms with van der Waals surface area (Å²) in [4.78, 5) is 28.4. The van der Waals surface area contributed by atoms with Crippen LogP contribution in [0, 0.1) is 5.92 Å². The van der Waals surface area contributed by atoms with Crippen LogP contribution in [0.5, 0.6) is 5.75 Å². The van der Waals surface area contributed by atoms with Crippen molar-refractivity contribution in [1.29, 1.82) is 0 Å². The summed E-state index contributed by atoms with van der Waals surface area (Å²) < 4.78 is 5.32. The van der Waals surface area contributed by atoms with Gasteiger partial charge in [-0.3, -0.25) is 4.79 Å². The first-order chi connectivity index (χ1) is 13.1. The summed E-state index contributed by atoms with van der Waals surface area (Å²) in [5.74, 6) is 0.408. The second-order valence-electron chi connectivity index (χ2n) is 6.51. The molecule has 1 saturated heterocycles. The second-order valence-corrected chi connectivity index (χ2v) is 7.39. The van der Waals surface area contributed by atoms with Crippen molar-refractivity contribution in [1.82, 2.24) is 4.90 Å². The Hall–Kier alpha value is -2.47. The van der Waals surface area contributed by atoms with Gasteiger partial charge in [0, 0.05) is 29.6 Å². The Morgan fingerprint density at radius 2 is 2.00 bits per heavy atom.